The first-order valence-corrected chi connectivity index (χ1v) is 8.85. The van der Waals surface area contributed by atoms with E-state index < -0.39 is 23.4 Å². The van der Waals surface area contributed by atoms with Crippen molar-refractivity contribution in [2.24, 2.45) is 5.41 Å². The molecule has 0 N–H and O–H groups in total. The van der Waals surface area contributed by atoms with Gasteiger partial charge in [-0.25, -0.2) is 14.4 Å². The van der Waals surface area contributed by atoms with Gasteiger partial charge in [0.2, 0.25) is 0 Å². The Bertz CT molecular complexity index is 549. The third-order valence-corrected chi connectivity index (χ3v) is 4.24. The maximum atomic E-state index is 12.3. The van der Waals surface area contributed by atoms with Crippen LogP contribution in [-0.2, 0) is 28.5 Å². The van der Waals surface area contributed by atoms with E-state index in [2.05, 4.69) is 13.2 Å². The summed E-state index contributed by atoms with van der Waals surface area (Å²) in [5.74, 6) is -1.11. The molecule has 8 nitrogen and oxygen atoms in total. The summed E-state index contributed by atoms with van der Waals surface area (Å²) in [6.45, 7) is 13.6. The fraction of sp³-hybridized carbons (Fsp3) is 0.632. The molecular formula is C19H29NO7. The second kappa shape index (κ2) is 10.7. The molecule has 1 fully saturated rings. The van der Waals surface area contributed by atoms with Crippen molar-refractivity contribution in [3.8, 4) is 0 Å². The van der Waals surface area contributed by atoms with E-state index in [4.69, 9.17) is 18.9 Å². The van der Waals surface area contributed by atoms with E-state index >= 15 is 0 Å². The SMILES string of the molecule is C=C(C)C(=O)OCC(CC)(COC(=O)C(=C)C)COC(=O)N1CCOCC1. The molecule has 1 saturated heterocycles. The number of hydrogen-bond acceptors (Lipinski definition) is 7. The number of carbonyl (C=O) groups is 3. The molecule has 0 aromatic carbocycles. The lowest BCUT2D eigenvalue weighted by molar-refractivity contribution is -0.152. The first-order valence-electron chi connectivity index (χ1n) is 8.85. The Labute approximate surface area is 160 Å². The third kappa shape index (κ3) is 7.42. The van der Waals surface area contributed by atoms with Gasteiger partial charge >= 0.3 is 18.0 Å². The second-order valence-electron chi connectivity index (χ2n) is 6.72. The minimum Gasteiger partial charge on any atom is -0.461 e. The first kappa shape index (κ1) is 22.7. The Balaban J connectivity index is 2.77. The largest absolute Gasteiger partial charge is 0.461 e. The average Bonchev–Trinajstić information content (AvgIpc) is 2.67. The van der Waals surface area contributed by atoms with Gasteiger partial charge in [0.1, 0.15) is 19.8 Å². The molecule has 8 heteroatoms. The van der Waals surface area contributed by atoms with Crippen molar-refractivity contribution in [2.75, 3.05) is 46.1 Å². The molecule has 152 valence electrons. The Kier molecular flexibility index (Phi) is 9.00. The van der Waals surface area contributed by atoms with Crippen molar-refractivity contribution in [1.29, 1.82) is 0 Å². The van der Waals surface area contributed by atoms with Gasteiger partial charge in [0.05, 0.1) is 18.6 Å². The van der Waals surface area contributed by atoms with Crippen LogP contribution in [0.3, 0.4) is 0 Å². The molecule has 1 amide bonds. The molecule has 0 bridgehead atoms. The number of ether oxygens (including phenoxy) is 4. The van der Waals surface area contributed by atoms with Crippen molar-refractivity contribution in [2.45, 2.75) is 27.2 Å². The Morgan fingerprint density at radius 2 is 1.37 bits per heavy atom. The molecule has 1 rings (SSSR count). The number of nitrogens with zero attached hydrogens (tertiary/aromatic N) is 1. The minimum atomic E-state index is -0.863. The maximum absolute atomic E-state index is 12.3. The topological polar surface area (TPSA) is 91.4 Å². The summed E-state index contributed by atoms with van der Waals surface area (Å²) in [6.07, 6.45) is -0.0235. The van der Waals surface area contributed by atoms with Crippen molar-refractivity contribution in [3.05, 3.63) is 24.3 Å². The number of morpholine rings is 1. The van der Waals surface area contributed by atoms with Crippen LogP contribution in [0.1, 0.15) is 27.2 Å². The standard InChI is InChI=1S/C19H29NO7/c1-6-19(11-25-16(21)14(2)3,12-26-17(22)15(4)5)13-27-18(23)20-7-9-24-10-8-20/h2,4,6-13H2,1,3,5H3. The van der Waals surface area contributed by atoms with E-state index in [1.807, 2.05) is 6.92 Å². The van der Waals surface area contributed by atoms with Crippen LogP contribution in [0.4, 0.5) is 4.79 Å². The van der Waals surface area contributed by atoms with Gasteiger partial charge in [0.15, 0.2) is 0 Å². The molecule has 0 aliphatic carbocycles. The molecule has 0 spiro atoms. The van der Waals surface area contributed by atoms with E-state index in [1.54, 1.807) is 4.90 Å². The van der Waals surface area contributed by atoms with Gasteiger partial charge in [0.25, 0.3) is 0 Å². The molecular weight excluding hydrogens is 354 g/mol. The van der Waals surface area contributed by atoms with Crippen molar-refractivity contribution < 1.29 is 33.3 Å². The zero-order valence-corrected chi connectivity index (χ0v) is 16.4. The highest BCUT2D eigenvalue weighted by Crippen LogP contribution is 2.25. The summed E-state index contributed by atoms with van der Waals surface area (Å²) in [5.41, 5.74) is -0.355. The number of esters is 2. The quantitative estimate of drug-likeness (QED) is 0.342. The molecule has 0 unspecified atom stereocenters. The summed E-state index contributed by atoms with van der Waals surface area (Å²) >= 11 is 0. The van der Waals surface area contributed by atoms with Crippen LogP contribution < -0.4 is 0 Å². The lowest BCUT2D eigenvalue weighted by Crippen LogP contribution is -2.44. The van der Waals surface area contributed by atoms with E-state index in [0.29, 0.717) is 32.7 Å². The fourth-order valence-corrected chi connectivity index (χ4v) is 2.17. The Morgan fingerprint density at radius 1 is 0.926 bits per heavy atom. The van der Waals surface area contributed by atoms with Crippen molar-refractivity contribution in [3.63, 3.8) is 0 Å². The highest BCUT2D eigenvalue weighted by molar-refractivity contribution is 5.87. The summed E-state index contributed by atoms with van der Waals surface area (Å²) in [7, 11) is 0. The van der Waals surface area contributed by atoms with Crippen LogP contribution in [0.5, 0.6) is 0 Å². The van der Waals surface area contributed by atoms with Gasteiger partial charge in [0, 0.05) is 24.2 Å². The van der Waals surface area contributed by atoms with Gasteiger partial charge in [-0.3, -0.25) is 0 Å². The number of hydrogen-bond donors (Lipinski definition) is 0. The first-order chi connectivity index (χ1) is 12.7. The Morgan fingerprint density at radius 3 is 1.78 bits per heavy atom. The highest BCUT2D eigenvalue weighted by Gasteiger charge is 2.35. The average molecular weight is 383 g/mol. The predicted octanol–water partition coefficient (Wildman–Crippen LogP) is 2.09. The highest BCUT2D eigenvalue weighted by atomic mass is 16.6. The molecule has 27 heavy (non-hydrogen) atoms. The van der Waals surface area contributed by atoms with Crippen LogP contribution in [0.15, 0.2) is 24.3 Å². The van der Waals surface area contributed by atoms with Crippen molar-refractivity contribution in [1.82, 2.24) is 4.90 Å². The molecule has 1 heterocycles. The normalized spacial score (nSPS) is 14.3. The van der Waals surface area contributed by atoms with E-state index in [0.717, 1.165) is 0 Å². The smallest absolute Gasteiger partial charge is 0.409 e. The molecule has 0 atom stereocenters. The molecule has 0 saturated carbocycles. The molecule has 1 aliphatic rings. The summed E-state index contributed by atoms with van der Waals surface area (Å²) in [6, 6.07) is 0. The molecule has 1 aliphatic heterocycles. The van der Waals surface area contributed by atoms with E-state index in [1.165, 1.54) is 13.8 Å². The summed E-state index contributed by atoms with van der Waals surface area (Å²) in [4.78, 5) is 37.3. The molecule has 0 aromatic heterocycles. The second-order valence-corrected chi connectivity index (χ2v) is 6.72. The fourth-order valence-electron chi connectivity index (χ4n) is 2.17. The third-order valence-electron chi connectivity index (χ3n) is 4.24. The molecule has 0 radical (unpaired) electrons. The van der Waals surface area contributed by atoms with Gasteiger partial charge in [-0.2, -0.15) is 0 Å². The van der Waals surface area contributed by atoms with E-state index in [-0.39, 0.29) is 31.0 Å². The van der Waals surface area contributed by atoms with E-state index in [9.17, 15) is 14.4 Å². The number of rotatable bonds is 9. The lowest BCUT2D eigenvalue weighted by atomic mass is 9.88. The zero-order valence-electron chi connectivity index (χ0n) is 16.4. The van der Waals surface area contributed by atoms with Gasteiger partial charge < -0.3 is 23.8 Å². The van der Waals surface area contributed by atoms with Crippen LogP contribution in [0.2, 0.25) is 0 Å². The molecule has 0 aromatic rings. The summed E-state index contributed by atoms with van der Waals surface area (Å²) < 4.78 is 21.1. The van der Waals surface area contributed by atoms with Crippen LogP contribution in [-0.4, -0.2) is 69.1 Å². The predicted molar refractivity (Wildman–Crippen MR) is 98.0 cm³/mol. The van der Waals surface area contributed by atoms with Crippen LogP contribution >= 0.6 is 0 Å². The number of amides is 1. The van der Waals surface area contributed by atoms with Crippen LogP contribution in [0, 0.1) is 5.41 Å². The zero-order chi connectivity index (χ0) is 20.4. The summed E-state index contributed by atoms with van der Waals surface area (Å²) in [5, 5.41) is 0. The minimum absolute atomic E-state index is 0.0629. The lowest BCUT2D eigenvalue weighted by Gasteiger charge is -2.33. The van der Waals surface area contributed by atoms with Crippen LogP contribution in [0.25, 0.3) is 0 Å². The monoisotopic (exact) mass is 383 g/mol. The van der Waals surface area contributed by atoms with Gasteiger partial charge in [-0.05, 0) is 20.3 Å². The maximum Gasteiger partial charge on any atom is 0.409 e. The van der Waals surface area contributed by atoms with Crippen molar-refractivity contribution >= 4 is 18.0 Å². The Hall–Kier alpha value is -2.35. The van der Waals surface area contributed by atoms with Gasteiger partial charge in [-0.1, -0.05) is 20.1 Å². The number of carbonyl (C=O) groups excluding carboxylic acids is 3. The van der Waals surface area contributed by atoms with Gasteiger partial charge in [-0.15, -0.1) is 0 Å².